The number of amides is 4. The molecule has 59 heavy (non-hydrogen) atoms. The van der Waals surface area contributed by atoms with Crippen molar-refractivity contribution in [2.75, 3.05) is 38.3 Å². The van der Waals surface area contributed by atoms with Gasteiger partial charge in [0.25, 0.3) is 23.6 Å². The lowest BCUT2D eigenvalue weighted by molar-refractivity contribution is -0.143. The molecule has 6 atom stereocenters. The molecule has 6 unspecified atom stereocenters. The largest absolute Gasteiger partial charge is 0.502 e. The predicted octanol–water partition coefficient (Wildman–Crippen LogP) is 6.83. The molecule has 1 saturated carbocycles. The number of allylic oxidation sites excluding steroid dienone is 3. The second kappa shape index (κ2) is 14.9. The van der Waals surface area contributed by atoms with Crippen LogP contribution in [0.5, 0.6) is 17.2 Å². The fraction of sp³-hybridized carbons (Fsp3) is 0.368. The number of rotatable bonds is 8. The maximum absolute atomic E-state index is 14.5. The molecule has 312 valence electrons. The van der Waals surface area contributed by atoms with Crippen LogP contribution in [0.1, 0.15) is 29.8 Å². The molecule has 4 aliphatic rings. The Labute approximate surface area is 341 Å². The van der Waals surface area contributed by atoms with Gasteiger partial charge in [0.1, 0.15) is 11.4 Å². The van der Waals surface area contributed by atoms with Gasteiger partial charge in [-0.3, -0.25) is 29.2 Å². The molecular formula is C38H32Cl2F6N6O7. The zero-order chi connectivity index (χ0) is 43.0. The quantitative estimate of drug-likeness (QED) is 0.145. The van der Waals surface area contributed by atoms with E-state index < -0.39 is 94.5 Å². The van der Waals surface area contributed by atoms with E-state index in [2.05, 4.69) is 9.97 Å². The number of aromatic hydroxyl groups is 1. The van der Waals surface area contributed by atoms with E-state index in [1.807, 2.05) is 0 Å². The average molecular weight is 870 g/mol. The minimum atomic E-state index is -4.89. The van der Waals surface area contributed by atoms with Crippen molar-refractivity contribution in [3.63, 3.8) is 0 Å². The highest BCUT2D eigenvalue weighted by Crippen LogP contribution is 2.56. The first-order valence-corrected chi connectivity index (χ1v) is 18.5. The molecule has 2 aliphatic carbocycles. The normalized spacial score (nSPS) is 24.3. The first-order valence-electron chi connectivity index (χ1n) is 17.7. The summed E-state index contributed by atoms with van der Waals surface area (Å²) < 4.78 is 92.5. The van der Waals surface area contributed by atoms with Crippen LogP contribution in [0.4, 0.5) is 38.0 Å². The zero-order valence-corrected chi connectivity index (χ0v) is 32.7. The molecule has 4 heterocycles. The van der Waals surface area contributed by atoms with Gasteiger partial charge in [-0.25, -0.2) is 9.97 Å². The Morgan fingerprint density at radius 3 is 1.69 bits per heavy atom. The van der Waals surface area contributed by atoms with E-state index in [9.17, 15) is 50.6 Å². The first kappa shape index (κ1) is 41.6. The SMILES string of the molecule is COc1cc(C=CC2C3=CCC4C(=O)N(N(C)c5nc(C(F)(F)F)ccc5Cl)C(=O)C4C3CC3C(=O)N(N(C)c4nc(C(F)(F)F)ccc4Cl)C(=O)C23)cc(OC)c1O. The summed E-state index contributed by atoms with van der Waals surface area (Å²) in [4.78, 5) is 64.4. The number of hydrazine groups is 2. The van der Waals surface area contributed by atoms with Gasteiger partial charge in [-0.05, 0) is 60.7 Å². The summed E-state index contributed by atoms with van der Waals surface area (Å²) in [7, 11) is 4.96. The van der Waals surface area contributed by atoms with Crippen molar-refractivity contribution in [2.45, 2.75) is 25.2 Å². The van der Waals surface area contributed by atoms with Crippen LogP contribution in [0, 0.1) is 35.5 Å². The monoisotopic (exact) mass is 868 g/mol. The summed E-state index contributed by atoms with van der Waals surface area (Å²) in [6.45, 7) is 0. The number of phenolic OH excluding ortho intramolecular Hbond substituents is 1. The smallest absolute Gasteiger partial charge is 0.433 e. The number of carbonyl (C=O) groups excluding carboxylic acids is 4. The zero-order valence-electron chi connectivity index (χ0n) is 31.2. The minimum absolute atomic E-state index is 0.0345. The molecular weight excluding hydrogens is 837 g/mol. The highest BCUT2D eigenvalue weighted by atomic mass is 35.5. The third kappa shape index (κ3) is 6.96. The maximum atomic E-state index is 14.5. The second-order valence-electron chi connectivity index (χ2n) is 14.2. The Balaban J connectivity index is 1.30. The fourth-order valence-electron chi connectivity index (χ4n) is 8.45. The van der Waals surface area contributed by atoms with Crippen molar-refractivity contribution in [3.05, 3.63) is 81.1 Å². The van der Waals surface area contributed by atoms with E-state index in [4.69, 9.17) is 32.7 Å². The number of phenols is 1. The highest BCUT2D eigenvalue weighted by molar-refractivity contribution is 6.33. The number of carbonyl (C=O) groups is 4. The summed E-state index contributed by atoms with van der Waals surface area (Å²) in [5, 5.41) is 12.9. The van der Waals surface area contributed by atoms with E-state index in [1.54, 1.807) is 18.2 Å². The van der Waals surface area contributed by atoms with Crippen LogP contribution in [-0.4, -0.2) is 77.0 Å². The molecule has 21 heteroatoms. The standard InChI is InChI=1S/C38H32Cl2F6N6O7/c1-49(31-22(39)9-11-26(47-31)37(41,42)43)51-33(54)19-8-7-17-18(6-5-16-13-24(58-3)30(53)25(14-16)59-4)28-21(15-20(17)29(19)36(51)57)34(55)52(35(28)56)50(2)32-23(40)10-12-27(48-32)38(44,45)46/h5-7,9-14,18-21,28-29,53H,8,15H2,1-4H3. The lowest BCUT2D eigenvalue weighted by Crippen LogP contribution is -2.46. The van der Waals surface area contributed by atoms with E-state index >= 15 is 0 Å². The van der Waals surface area contributed by atoms with Crippen LogP contribution in [0.25, 0.3) is 6.08 Å². The molecule has 3 aromatic rings. The number of aromatic nitrogens is 2. The van der Waals surface area contributed by atoms with Crippen LogP contribution >= 0.6 is 23.2 Å². The van der Waals surface area contributed by atoms with Crippen LogP contribution < -0.4 is 19.5 Å². The Morgan fingerprint density at radius 2 is 1.22 bits per heavy atom. The molecule has 7 rings (SSSR count). The fourth-order valence-corrected chi connectivity index (χ4v) is 8.91. The molecule has 2 aromatic heterocycles. The number of hydrogen-bond acceptors (Lipinski definition) is 11. The van der Waals surface area contributed by atoms with Crippen LogP contribution in [0.3, 0.4) is 0 Å². The van der Waals surface area contributed by atoms with Crippen LogP contribution in [0.15, 0.2) is 54.1 Å². The van der Waals surface area contributed by atoms with E-state index in [0.717, 1.165) is 36.2 Å². The summed E-state index contributed by atoms with van der Waals surface area (Å²) in [6, 6.07) is 6.11. The number of ether oxygens (including phenoxy) is 2. The molecule has 3 fully saturated rings. The molecule has 2 aliphatic heterocycles. The number of pyridine rings is 2. The Hall–Kier alpha value is -5.56. The van der Waals surface area contributed by atoms with E-state index in [1.165, 1.54) is 26.4 Å². The predicted molar refractivity (Wildman–Crippen MR) is 198 cm³/mol. The number of fused-ring (bicyclic) bond motifs is 4. The second-order valence-corrected chi connectivity index (χ2v) is 15.0. The van der Waals surface area contributed by atoms with Gasteiger partial charge in [-0.2, -0.15) is 36.4 Å². The van der Waals surface area contributed by atoms with E-state index in [-0.39, 0.29) is 40.1 Å². The molecule has 2 saturated heterocycles. The number of imide groups is 2. The third-order valence-corrected chi connectivity index (χ3v) is 11.7. The van der Waals surface area contributed by atoms with Gasteiger partial charge in [-0.1, -0.05) is 47.0 Å². The molecule has 1 aromatic carbocycles. The lowest BCUT2D eigenvalue weighted by Gasteiger charge is -2.42. The Bertz CT molecular complexity index is 2320. The maximum Gasteiger partial charge on any atom is 0.433 e. The van der Waals surface area contributed by atoms with Crippen molar-refractivity contribution in [2.24, 2.45) is 35.5 Å². The lowest BCUT2D eigenvalue weighted by atomic mass is 9.58. The Kier molecular flexibility index (Phi) is 10.5. The average Bonchev–Trinajstić information content (AvgIpc) is 3.59. The topological polar surface area (TPSA) is 146 Å². The van der Waals surface area contributed by atoms with Gasteiger partial charge in [0.15, 0.2) is 23.1 Å². The summed E-state index contributed by atoms with van der Waals surface area (Å²) in [6.07, 6.45) is -5.11. The molecule has 13 nitrogen and oxygen atoms in total. The number of benzene rings is 1. The number of hydrogen-bond donors (Lipinski definition) is 1. The Morgan fingerprint density at radius 1 is 0.746 bits per heavy atom. The molecule has 0 spiro atoms. The first-order chi connectivity index (χ1) is 27.7. The summed E-state index contributed by atoms with van der Waals surface area (Å²) >= 11 is 12.5. The summed E-state index contributed by atoms with van der Waals surface area (Å²) in [5.41, 5.74) is -1.73. The van der Waals surface area contributed by atoms with Crippen molar-refractivity contribution < 1.29 is 60.1 Å². The molecule has 4 amide bonds. The van der Waals surface area contributed by atoms with Crippen LogP contribution in [0.2, 0.25) is 10.0 Å². The van der Waals surface area contributed by atoms with Crippen LogP contribution in [-0.2, 0) is 31.5 Å². The molecule has 1 N–H and O–H groups in total. The van der Waals surface area contributed by atoms with Gasteiger partial charge < -0.3 is 14.6 Å². The van der Waals surface area contributed by atoms with Crippen molar-refractivity contribution in [1.82, 2.24) is 20.0 Å². The van der Waals surface area contributed by atoms with Gasteiger partial charge in [-0.15, -0.1) is 0 Å². The van der Waals surface area contributed by atoms with Gasteiger partial charge in [0.2, 0.25) is 5.75 Å². The number of nitrogens with zero attached hydrogens (tertiary/aromatic N) is 6. The van der Waals surface area contributed by atoms with Gasteiger partial charge in [0, 0.05) is 20.0 Å². The minimum Gasteiger partial charge on any atom is -0.502 e. The van der Waals surface area contributed by atoms with Crippen molar-refractivity contribution in [1.29, 1.82) is 0 Å². The number of halogens is 8. The highest BCUT2D eigenvalue weighted by Gasteiger charge is 2.63. The molecule has 0 bridgehead atoms. The number of methoxy groups -OCH3 is 2. The van der Waals surface area contributed by atoms with Gasteiger partial charge >= 0.3 is 12.4 Å². The number of anilines is 2. The van der Waals surface area contributed by atoms with E-state index in [0.29, 0.717) is 33.3 Å². The number of alkyl halides is 6. The van der Waals surface area contributed by atoms with Crippen molar-refractivity contribution in [3.8, 4) is 17.2 Å². The summed E-state index contributed by atoms with van der Waals surface area (Å²) in [5.74, 6) is -10.9. The van der Waals surface area contributed by atoms with Gasteiger partial charge in [0.05, 0.1) is 47.9 Å². The van der Waals surface area contributed by atoms with Crippen molar-refractivity contribution >= 4 is 64.5 Å². The molecule has 0 radical (unpaired) electrons. The third-order valence-electron chi connectivity index (χ3n) is 11.1.